The van der Waals surface area contributed by atoms with Crippen LogP contribution in [0.15, 0.2) is 12.2 Å². The monoisotopic (exact) mass is 625 g/mol. The Morgan fingerprint density at radius 1 is 0.978 bits per heavy atom. The molecule has 0 amide bonds. The number of ether oxygens (including phenoxy) is 2. The fraction of sp³-hybridized carbons (Fsp3) is 0.842. The van der Waals surface area contributed by atoms with Crippen molar-refractivity contribution in [2.75, 3.05) is 13.7 Å². The van der Waals surface area contributed by atoms with Crippen LogP contribution in [0.3, 0.4) is 0 Å². The molecule has 0 bridgehead atoms. The smallest absolute Gasteiger partial charge is 0.312 e. The number of carboxylic acid groups (broad SMARTS) is 1. The van der Waals surface area contributed by atoms with Crippen LogP contribution in [-0.4, -0.2) is 36.7 Å². The highest BCUT2D eigenvalue weighted by Crippen LogP contribution is 2.76. The molecule has 4 rings (SSSR count). The van der Waals surface area contributed by atoms with Gasteiger partial charge in [-0.1, -0.05) is 46.8 Å². The largest absolute Gasteiger partial charge is 0.481 e. The molecule has 9 atom stereocenters. The first-order chi connectivity index (χ1) is 20.8. The van der Waals surface area contributed by atoms with E-state index >= 15 is 0 Å². The van der Waals surface area contributed by atoms with Crippen molar-refractivity contribution >= 4 is 17.9 Å². The maximum atomic E-state index is 13.5. The van der Waals surface area contributed by atoms with Gasteiger partial charge in [-0.05, 0) is 124 Å². The standard InChI is InChI=1S/C38H59NO6/c1-24(2)25-13-18-38(32(43)44-10)20-19-36(8)26(30(25)38)11-12-28-35(7,21-22-39)27(14-17-37(28,36)9)34(5,6)23-45-29(40)15-16-33(3,4)31(41)42/h25-28,30H,1,11-21,23H2,2-10H3,(H,41,42)/t25-,26?,27?,28?,30?,35-,36+,37+,38?/m0/s1. The van der Waals surface area contributed by atoms with Crippen molar-refractivity contribution in [1.82, 2.24) is 0 Å². The maximum absolute atomic E-state index is 13.5. The zero-order valence-corrected chi connectivity index (χ0v) is 29.5. The van der Waals surface area contributed by atoms with Gasteiger partial charge >= 0.3 is 17.9 Å². The Hall–Kier alpha value is -2.36. The van der Waals surface area contributed by atoms with Crippen LogP contribution < -0.4 is 0 Å². The Morgan fingerprint density at radius 2 is 1.64 bits per heavy atom. The molecule has 0 saturated heterocycles. The van der Waals surface area contributed by atoms with Crippen LogP contribution in [0.1, 0.15) is 126 Å². The third kappa shape index (κ3) is 5.54. The number of carbonyl (C=O) groups excluding carboxylic acids is 2. The highest BCUT2D eigenvalue weighted by atomic mass is 16.5. The molecule has 4 aliphatic carbocycles. The average Bonchev–Trinajstić information content (AvgIpc) is 3.36. The summed E-state index contributed by atoms with van der Waals surface area (Å²) in [5.74, 6) is 0.131. The number of aliphatic carboxylic acids is 1. The molecule has 5 unspecified atom stereocenters. The molecular formula is C38H59NO6. The average molecular weight is 626 g/mol. The fourth-order valence-corrected chi connectivity index (χ4v) is 11.7. The van der Waals surface area contributed by atoms with E-state index in [1.807, 2.05) is 0 Å². The van der Waals surface area contributed by atoms with Crippen molar-refractivity contribution in [2.45, 2.75) is 126 Å². The molecule has 252 valence electrons. The summed E-state index contributed by atoms with van der Waals surface area (Å²) in [4.78, 5) is 37.8. The third-order valence-corrected chi connectivity index (χ3v) is 14.5. The summed E-state index contributed by atoms with van der Waals surface area (Å²) in [6.07, 6.45) is 8.48. The van der Waals surface area contributed by atoms with Gasteiger partial charge in [-0.15, -0.1) is 0 Å². The van der Waals surface area contributed by atoms with E-state index in [1.165, 1.54) is 5.57 Å². The summed E-state index contributed by atoms with van der Waals surface area (Å²) in [6.45, 7) is 21.7. The maximum Gasteiger partial charge on any atom is 0.312 e. The molecule has 45 heavy (non-hydrogen) atoms. The Morgan fingerprint density at radius 3 is 2.22 bits per heavy atom. The first-order valence-corrected chi connectivity index (χ1v) is 17.3. The van der Waals surface area contributed by atoms with Crippen LogP contribution in [0, 0.1) is 73.4 Å². The molecule has 4 aliphatic rings. The lowest BCUT2D eigenvalue weighted by Gasteiger charge is -2.71. The topological polar surface area (TPSA) is 114 Å². The van der Waals surface area contributed by atoms with Crippen molar-refractivity contribution in [1.29, 1.82) is 5.26 Å². The number of hydrogen-bond acceptors (Lipinski definition) is 6. The van der Waals surface area contributed by atoms with E-state index in [1.54, 1.807) is 21.0 Å². The minimum absolute atomic E-state index is 0.00230. The minimum atomic E-state index is -0.985. The van der Waals surface area contributed by atoms with Gasteiger partial charge in [0, 0.05) is 18.3 Å². The van der Waals surface area contributed by atoms with Crippen molar-refractivity contribution in [3.63, 3.8) is 0 Å². The first-order valence-electron chi connectivity index (χ1n) is 17.3. The molecule has 7 heteroatoms. The number of allylic oxidation sites excluding steroid dienone is 1. The van der Waals surface area contributed by atoms with Gasteiger partial charge in [-0.25, -0.2) is 0 Å². The van der Waals surface area contributed by atoms with Crippen LogP contribution in [0.5, 0.6) is 0 Å². The lowest BCUT2D eigenvalue weighted by atomic mass is 9.33. The third-order valence-electron chi connectivity index (χ3n) is 14.5. The molecule has 0 aromatic heterocycles. The summed E-state index contributed by atoms with van der Waals surface area (Å²) < 4.78 is 11.3. The second-order valence-electron chi connectivity index (χ2n) is 17.5. The van der Waals surface area contributed by atoms with Crippen LogP contribution in [-0.2, 0) is 23.9 Å². The van der Waals surface area contributed by atoms with E-state index in [2.05, 4.69) is 54.2 Å². The van der Waals surface area contributed by atoms with Crippen LogP contribution >= 0.6 is 0 Å². The predicted octanol–water partition coefficient (Wildman–Crippen LogP) is 8.37. The highest BCUT2D eigenvalue weighted by molar-refractivity contribution is 5.78. The zero-order chi connectivity index (χ0) is 33.8. The molecule has 4 fully saturated rings. The van der Waals surface area contributed by atoms with Gasteiger partial charge in [0.15, 0.2) is 0 Å². The predicted molar refractivity (Wildman–Crippen MR) is 174 cm³/mol. The van der Waals surface area contributed by atoms with Crippen LogP contribution in [0.4, 0.5) is 0 Å². The number of methoxy groups -OCH3 is 1. The number of fused-ring (bicyclic) bond motifs is 5. The quantitative estimate of drug-likeness (QED) is 0.192. The summed E-state index contributed by atoms with van der Waals surface area (Å²) in [5, 5.41) is 19.7. The van der Waals surface area contributed by atoms with Gasteiger partial charge in [0.2, 0.25) is 0 Å². The van der Waals surface area contributed by atoms with E-state index in [0.717, 1.165) is 51.4 Å². The summed E-state index contributed by atoms with van der Waals surface area (Å²) in [6, 6.07) is 2.58. The van der Waals surface area contributed by atoms with Crippen molar-refractivity contribution < 1.29 is 29.0 Å². The molecule has 0 aliphatic heterocycles. The molecule has 0 aromatic rings. The van der Waals surface area contributed by atoms with Gasteiger partial charge in [-0.3, -0.25) is 14.4 Å². The van der Waals surface area contributed by atoms with Crippen LogP contribution in [0.2, 0.25) is 0 Å². The first kappa shape index (κ1) is 35.5. The fourth-order valence-electron chi connectivity index (χ4n) is 11.7. The Kier molecular flexibility index (Phi) is 9.48. The number of carboxylic acids is 1. The van der Waals surface area contributed by atoms with Crippen molar-refractivity contribution in [2.24, 2.45) is 62.1 Å². The van der Waals surface area contributed by atoms with Crippen molar-refractivity contribution in [3.8, 4) is 6.07 Å². The Bertz CT molecular complexity index is 1250. The minimum Gasteiger partial charge on any atom is -0.481 e. The van der Waals surface area contributed by atoms with Gasteiger partial charge in [-0.2, -0.15) is 5.26 Å². The molecule has 7 nitrogen and oxygen atoms in total. The van der Waals surface area contributed by atoms with E-state index < -0.39 is 16.8 Å². The molecule has 4 saturated carbocycles. The van der Waals surface area contributed by atoms with E-state index in [9.17, 15) is 24.8 Å². The lowest BCUT2D eigenvalue weighted by molar-refractivity contribution is -0.232. The SMILES string of the molecule is C=C(C)[C@@H]1CCC2(C(=O)OC)CC[C@]3(C)C(CCC4[C@@](C)(CC#N)C(C(C)(C)COC(=O)CCC(C)(C)C(=O)O)CC[C@]43C)C12. The number of nitrogens with zero attached hydrogens (tertiary/aromatic N) is 1. The summed E-state index contributed by atoms with van der Waals surface area (Å²) in [5.41, 5.74) is -0.833. The molecule has 0 heterocycles. The number of hydrogen-bond donors (Lipinski definition) is 1. The van der Waals surface area contributed by atoms with Gasteiger partial charge < -0.3 is 14.6 Å². The molecule has 0 spiro atoms. The van der Waals surface area contributed by atoms with Gasteiger partial charge in [0.25, 0.3) is 0 Å². The molecule has 0 aromatic carbocycles. The van der Waals surface area contributed by atoms with Crippen LogP contribution in [0.25, 0.3) is 0 Å². The molecule has 0 radical (unpaired) electrons. The zero-order valence-electron chi connectivity index (χ0n) is 29.5. The van der Waals surface area contributed by atoms with E-state index in [4.69, 9.17) is 9.47 Å². The number of rotatable bonds is 10. The van der Waals surface area contributed by atoms with Crippen molar-refractivity contribution in [3.05, 3.63) is 12.2 Å². The lowest BCUT2D eigenvalue weighted by Crippen LogP contribution is -2.65. The summed E-state index contributed by atoms with van der Waals surface area (Å²) in [7, 11) is 1.54. The van der Waals surface area contributed by atoms with Gasteiger partial charge in [0.05, 0.1) is 30.6 Å². The van der Waals surface area contributed by atoms with Gasteiger partial charge in [0.1, 0.15) is 0 Å². The second kappa shape index (κ2) is 12.0. The normalized spacial score (nSPS) is 39.4. The van der Waals surface area contributed by atoms with E-state index in [0.29, 0.717) is 24.2 Å². The highest BCUT2D eigenvalue weighted by Gasteiger charge is 2.71. The van der Waals surface area contributed by atoms with E-state index in [-0.39, 0.29) is 64.9 Å². The number of nitriles is 1. The Balaban J connectivity index is 1.61. The summed E-state index contributed by atoms with van der Waals surface area (Å²) >= 11 is 0. The molecule has 1 N–H and O–H groups in total. The second-order valence-corrected chi connectivity index (χ2v) is 17.5. The molecular weight excluding hydrogens is 566 g/mol. The number of esters is 2. The Labute approximate surface area is 271 Å². The number of carbonyl (C=O) groups is 3.